The zero-order valence-corrected chi connectivity index (χ0v) is 8.70. The van der Waals surface area contributed by atoms with E-state index in [0.717, 1.165) is 5.56 Å². The minimum absolute atomic E-state index is 0.217. The number of hydrogen-bond donors (Lipinski definition) is 1. The van der Waals surface area contributed by atoms with Crippen LogP contribution in [0.5, 0.6) is 0 Å². The minimum Gasteiger partial charge on any atom is -0.292 e. The summed E-state index contributed by atoms with van der Waals surface area (Å²) in [5.74, 6) is -1.19. The van der Waals surface area contributed by atoms with Gasteiger partial charge in [0.25, 0.3) is 5.91 Å². The monoisotopic (exact) mass is 223 g/mol. The third kappa shape index (κ3) is 4.42. The molecule has 4 heteroatoms. The third-order valence-corrected chi connectivity index (χ3v) is 1.85. The molecule has 1 aromatic rings. The van der Waals surface area contributed by atoms with Crippen LogP contribution in [0.4, 0.5) is 0 Å². The molecule has 0 aliphatic heterocycles. The number of carbonyl (C=O) groups is 2. The molecule has 1 rings (SSSR count). The van der Waals surface area contributed by atoms with E-state index in [4.69, 9.17) is 11.6 Å². The van der Waals surface area contributed by atoms with Crippen molar-refractivity contribution in [1.82, 2.24) is 5.32 Å². The summed E-state index contributed by atoms with van der Waals surface area (Å²) in [6.07, 6.45) is 2.91. The standard InChI is InChI=1S/C11H10ClNO2/c12-8-11(15)13-10(14)7-6-9-4-2-1-3-5-9/h1-7H,8H2,(H,13,14,15). The molecule has 0 aliphatic rings. The smallest absolute Gasteiger partial charge is 0.250 e. The maximum atomic E-state index is 11.1. The Labute approximate surface area is 92.7 Å². The van der Waals surface area contributed by atoms with Gasteiger partial charge >= 0.3 is 0 Å². The van der Waals surface area contributed by atoms with Gasteiger partial charge in [0.15, 0.2) is 0 Å². The number of halogens is 1. The number of imide groups is 1. The highest BCUT2D eigenvalue weighted by molar-refractivity contribution is 6.28. The lowest BCUT2D eigenvalue weighted by Crippen LogP contribution is -2.29. The number of alkyl halides is 1. The van der Waals surface area contributed by atoms with Gasteiger partial charge in [-0.25, -0.2) is 0 Å². The van der Waals surface area contributed by atoms with Crippen molar-refractivity contribution in [2.45, 2.75) is 0 Å². The summed E-state index contributed by atoms with van der Waals surface area (Å²) < 4.78 is 0. The molecule has 0 saturated carbocycles. The van der Waals surface area contributed by atoms with Crippen LogP contribution in [0.2, 0.25) is 0 Å². The fourth-order valence-electron chi connectivity index (χ4n) is 0.949. The van der Waals surface area contributed by atoms with Gasteiger partial charge in [0, 0.05) is 6.08 Å². The Morgan fingerprint density at radius 1 is 1.27 bits per heavy atom. The van der Waals surface area contributed by atoms with Crippen LogP contribution in [0.25, 0.3) is 6.08 Å². The highest BCUT2D eigenvalue weighted by Crippen LogP contribution is 2.00. The second kappa shape index (κ2) is 5.98. The molecule has 0 heterocycles. The summed E-state index contributed by atoms with van der Waals surface area (Å²) >= 11 is 5.22. The van der Waals surface area contributed by atoms with Crippen molar-refractivity contribution < 1.29 is 9.59 Å². The van der Waals surface area contributed by atoms with Crippen LogP contribution in [0.15, 0.2) is 36.4 Å². The molecule has 15 heavy (non-hydrogen) atoms. The van der Waals surface area contributed by atoms with Gasteiger partial charge in [-0.1, -0.05) is 30.3 Å². The van der Waals surface area contributed by atoms with E-state index in [9.17, 15) is 9.59 Å². The van der Waals surface area contributed by atoms with Gasteiger partial charge in [-0.3, -0.25) is 14.9 Å². The molecule has 1 aromatic carbocycles. The first kappa shape index (κ1) is 11.5. The molecular weight excluding hydrogens is 214 g/mol. The molecule has 0 spiro atoms. The second-order valence-corrected chi connectivity index (χ2v) is 3.06. The molecule has 3 nitrogen and oxygen atoms in total. The maximum Gasteiger partial charge on any atom is 0.250 e. The van der Waals surface area contributed by atoms with Crippen LogP contribution >= 0.6 is 11.6 Å². The lowest BCUT2D eigenvalue weighted by Gasteiger charge is -1.95. The summed E-state index contributed by atoms with van der Waals surface area (Å²) in [7, 11) is 0. The van der Waals surface area contributed by atoms with Crippen molar-refractivity contribution in [3.63, 3.8) is 0 Å². The quantitative estimate of drug-likeness (QED) is 0.625. The van der Waals surface area contributed by atoms with E-state index in [1.165, 1.54) is 6.08 Å². The average Bonchev–Trinajstić information content (AvgIpc) is 2.27. The van der Waals surface area contributed by atoms with E-state index in [2.05, 4.69) is 5.32 Å². The Kier molecular flexibility index (Phi) is 4.57. The molecule has 0 aromatic heterocycles. The third-order valence-electron chi connectivity index (χ3n) is 1.61. The Bertz CT molecular complexity index is 373. The number of nitrogens with one attached hydrogen (secondary N) is 1. The molecular formula is C11H10ClNO2. The number of carbonyl (C=O) groups excluding carboxylic acids is 2. The lowest BCUT2D eigenvalue weighted by atomic mass is 10.2. The van der Waals surface area contributed by atoms with Crippen molar-refractivity contribution in [3.05, 3.63) is 42.0 Å². The normalized spacial score (nSPS) is 10.2. The number of rotatable bonds is 3. The fourth-order valence-corrected chi connectivity index (χ4v) is 1.02. The van der Waals surface area contributed by atoms with Gasteiger partial charge in [-0.15, -0.1) is 11.6 Å². The zero-order valence-electron chi connectivity index (χ0n) is 7.94. The predicted octanol–water partition coefficient (Wildman–Crippen LogP) is 1.58. The Hall–Kier alpha value is -1.61. The van der Waals surface area contributed by atoms with Crippen molar-refractivity contribution in [2.75, 3.05) is 5.88 Å². The van der Waals surface area contributed by atoms with Gasteiger partial charge in [0.2, 0.25) is 5.91 Å². The van der Waals surface area contributed by atoms with E-state index in [1.807, 2.05) is 30.3 Å². The average molecular weight is 224 g/mol. The largest absolute Gasteiger partial charge is 0.292 e. The van der Waals surface area contributed by atoms with E-state index < -0.39 is 11.8 Å². The molecule has 0 radical (unpaired) electrons. The number of benzene rings is 1. The van der Waals surface area contributed by atoms with E-state index in [1.54, 1.807) is 6.08 Å². The second-order valence-electron chi connectivity index (χ2n) is 2.79. The summed E-state index contributed by atoms with van der Waals surface area (Å²) in [6, 6.07) is 9.32. The van der Waals surface area contributed by atoms with Crippen LogP contribution in [-0.2, 0) is 9.59 Å². The predicted molar refractivity (Wildman–Crippen MR) is 59.3 cm³/mol. The maximum absolute atomic E-state index is 11.1. The van der Waals surface area contributed by atoms with Crippen LogP contribution in [0.3, 0.4) is 0 Å². The van der Waals surface area contributed by atoms with Crippen LogP contribution < -0.4 is 5.32 Å². The molecule has 78 valence electrons. The first-order valence-corrected chi connectivity index (χ1v) is 4.88. The summed E-state index contributed by atoms with van der Waals surface area (Å²) in [6.45, 7) is 0. The fraction of sp³-hybridized carbons (Fsp3) is 0.0909. The molecule has 0 atom stereocenters. The lowest BCUT2D eigenvalue weighted by molar-refractivity contribution is -0.126. The SMILES string of the molecule is O=C(C=Cc1ccccc1)NC(=O)CCl. The molecule has 0 aliphatic carbocycles. The Morgan fingerprint density at radius 3 is 2.53 bits per heavy atom. The van der Waals surface area contributed by atoms with E-state index in [-0.39, 0.29) is 5.88 Å². The van der Waals surface area contributed by atoms with Crippen molar-refractivity contribution >= 4 is 29.5 Å². The van der Waals surface area contributed by atoms with Crippen LogP contribution in [0, 0.1) is 0 Å². The zero-order chi connectivity index (χ0) is 11.1. The summed E-state index contributed by atoms with van der Waals surface area (Å²) in [5, 5.41) is 2.10. The topological polar surface area (TPSA) is 46.2 Å². The van der Waals surface area contributed by atoms with Crippen LogP contribution in [-0.4, -0.2) is 17.7 Å². The molecule has 0 saturated heterocycles. The number of hydrogen-bond acceptors (Lipinski definition) is 2. The Balaban J connectivity index is 2.52. The van der Waals surface area contributed by atoms with Gasteiger partial charge < -0.3 is 0 Å². The first-order chi connectivity index (χ1) is 7.22. The minimum atomic E-state index is -0.501. The number of amides is 2. The van der Waals surface area contributed by atoms with Gasteiger partial charge in [-0.05, 0) is 11.6 Å². The van der Waals surface area contributed by atoms with Crippen molar-refractivity contribution in [3.8, 4) is 0 Å². The van der Waals surface area contributed by atoms with Gasteiger partial charge in [0.1, 0.15) is 5.88 Å². The van der Waals surface area contributed by atoms with Crippen molar-refractivity contribution in [1.29, 1.82) is 0 Å². The summed E-state index contributed by atoms with van der Waals surface area (Å²) in [5.41, 5.74) is 0.894. The summed E-state index contributed by atoms with van der Waals surface area (Å²) in [4.78, 5) is 21.8. The molecule has 1 N–H and O–H groups in total. The highest BCUT2D eigenvalue weighted by Gasteiger charge is 2.01. The first-order valence-electron chi connectivity index (χ1n) is 4.35. The molecule has 2 amide bonds. The van der Waals surface area contributed by atoms with Crippen LogP contribution in [0.1, 0.15) is 5.56 Å². The van der Waals surface area contributed by atoms with Gasteiger partial charge in [0.05, 0.1) is 0 Å². The van der Waals surface area contributed by atoms with E-state index >= 15 is 0 Å². The van der Waals surface area contributed by atoms with E-state index in [0.29, 0.717) is 0 Å². The Morgan fingerprint density at radius 2 is 1.93 bits per heavy atom. The van der Waals surface area contributed by atoms with Crippen molar-refractivity contribution in [2.24, 2.45) is 0 Å². The molecule has 0 unspecified atom stereocenters. The van der Waals surface area contributed by atoms with Gasteiger partial charge in [-0.2, -0.15) is 0 Å². The molecule has 0 fully saturated rings. The highest BCUT2D eigenvalue weighted by atomic mass is 35.5. The molecule has 0 bridgehead atoms.